The van der Waals surface area contributed by atoms with Crippen molar-refractivity contribution in [2.75, 3.05) is 27.1 Å². The van der Waals surface area contributed by atoms with Gasteiger partial charge in [-0.1, -0.05) is 0 Å². The maximum Gasteiger partial charge on any atom is 0.233 e. The molecule has 0 aromatic heterocycles. The standard InChI is InChI=1S/C28H32O17/c1-39-12-3-2-10(4-13(12)42-27-24(37)22(35)20(33)16(7-29)44-27)18(31)19(32)11-5-14-26(41-9-40-14)15(6-11)43-28-25(38)23(36)21(34)17(8-30)45-28/h2-6,16-17,20-25,27-30,33-38H,7-9H2,1H3/t16-,17-,20-,21-,22+,23-,24-,25-,27-,28-/m1/s1. The monoisotopic (exact) mass is 640 g/mol. The SMILES string of the molecule is COc1ccc(C(=O)C(=O)c2cc3c(c(O[C@@H]4O[C@H](CO)[C@@H](O)[C@@H](O)[C@H]4O)c2)OCO3)cc1O[C@@H]1O[C@H](CO)[C@@H](O)[C@H](O)[C@H]1O. The summed E-state index contributed by atoms with van der Waals surface area (Å²) in [5.41, 5.74) is -0.439. The third kappa shape index (κ3) is 6.27. The maximum absolute atomic E-state index is 13.4. The van der Waals surface area contributed by atoms with E-state index >= 15 is 0 Å². The molecule has 0 unspecified atom stereocenters. The van der Waals surface area contributed by atoms with E-state index in [1.165, 1.54) is 25.3 Å². The Balaban J connectivity index is 1.40. The van der Waals surface area contributed by atoms with Crippen molar-refractivity contribution in [3.8, 4) is 28.7 Å². The topological polar surface area (TPSA) is 261 Å². The van der Waals surface area contributed by atoms with Gasteiger partial charge in [-0.25, -0.2) is 0 Å². The molecule has 0 bridgehead atoms. The second kappa shape index (κ2) is 13.4. The number of rotatable bonds is 10. The number of methoxy groups -OCH3 is 1. The molecule has 2 aromatic carbocycles. The lowest BCUT2D eigenvalue weighted by atomic mass is 9.99. The predicted molar refractivity (Wildman–Crippen MR) is 143 cm³/mol. The van der Waals surface area contributed by atoms with Gasteiger partial charge in [0, 0.05) is 11.1 Å². The van der Waals surface area contributed by atoms with E-state index in [-0.39, 0.29) is 46.7 Å². The van der Waals surface area contributed by atoms with E-state index in [0.29, 0.717) is 0 Å². The molecule has 0 spiro atoms. The number of hydrogen-bond acceptors (Lipinski definition) is 17. The zero-order valence-corrected chi connectivity index (χ0v) is 23.5. The lowest BCUT2D eigenvalue weighted by Crippen LogP contribution is -2.60. The van der Waals surface area contributed by atoms with Crippen molar-refractivity contribution in [2.45, 2.75) is 61.4 Å². The van der Waals surface area contributed by atoms with E-state index in [4.69, 9.17) is 33.2 Å². The summed E-state index contributed by atoms with van der Waals surface area (Å²) in [7, 11) is 1.28. The van der Waals surface area contributed by atoms with Crippen molar-refractivity contribution in [3.63, 3.8) is 0 Å². The molecular formula is C28H32O17. The molecule has 0 radical (unpaired) electrons. The summed E-state index contributed by atoms with van der Waals surface area (Å²) in [6, 6.07) is 6.02. The summed E-state index contributed by atoms with van der Waals surface area (Å²) in [6.07, 6.45) is -16.1. The Morgan fingerprint density at radius 2 is 1.22 bits per heavy atom. The van der Waals surface area contributed by atoms with Gasteiger partial charge in [-0.15, -0.1) is 0 Å². The van der Waals surface area contributed by atoms with Crippen molar-refractivity contribution in [3.05, 3.63) is 41.5 Å². The zero-order valence-electron chi connectivity index (χ0n) is 23.5. The van der Waals surface area contributed by atoms with Crippen LogP contribution >= 0.6 is 0 Å². The minimum Gasteiger partial charge on any atom is -0.493 e. The van der Waals surface area contributed by atoms with Crippen LogP contribution < -0.4 is 23.7 Å². The predicted octanol–water partition coefficient (Wildman–Crippen LogP) is -3.15. The molecule has 2 saturated heterocycles. The fourth-order valence-electron chi connectivity index (χ4n) is 4.95. The smallest absolute Gasteiger partial charge is 0.233 e. The number of ether oxygens (including phenoxy) is 7. The molecule has 3 aliphatic rings. The van der Waals surface area contributed by atoms with Gasteiger partial charge < -0.3 is 74.0 Å². The Morgan fingerprint density at radius 3 is 1.78 bits per heavy atom. The second-order valence-corrected chi connectivity index (χ2v) is 10.4. The van der Waals surface area contributed by atoms with E-state index in [2.05, 4.69) is 0 Å². The summed E-state index contributed by atoms with van der Waals surface area (Å²) in [6.45, 7) is -1.69. The highest BCUT2D eigenvalue weighted by Gasteiger charge is 2.46. The van der Waals surface area contributed by atoms with Gasteiger partial charge in [-0.3, -0.25) is 9.59 Å². The molecule has 17 heteroatoms. The second-order valence-electron chi connectivity index (χ2n) is 10.4. The molecule has 3 aliphatic heterocycles. The molecule has 2 aromatic rings. The van der Waals surface area contributed by atoms with Gasteiger partial charge in [0.15, 0.2) is 23.0 Å². The summed E-state index contributed by atoms with van der Waals surface area (Å²) >= 11 is 0. The highest BCUT2D eigenvalue weighted by Crippen LogP contribution is 2.43. The van der Waals surface area contributed by atoms with Crippen LogP contribution in [0, 0.1) is 0 Å². The van der Waals surface area contributed by atoms with Gasteiger partial charge in [0.2, 0.25) is 36.7 Å². The van der Waals surface area contributed by atoms with Gasteiger partial charge in [0.1, 0.15) is 48.8 Å². The number of aliphatic hydroxyl groups excluding tert-OH is 8. The first-order valence-electron chi connectivity index (χ1n) is 13.6. The van der Waals surface area contributed by atoms with Crippen LogP contribution in [0.5, 0.6) is 28.7 Å². The Labute approximate surface area is 254 Å². The fraction of sp³-hybridized carbons (Fsp3) is 0.500. The molecule has 2 fully saturated rings. The summed E-state index contributed by atoms with van der Waals surface area (Å²) < 4.78 is 38.0. The number of aliphatic hydroxyl groups is 8. The van der Waals surface area contributed by atoms with E-state index in [1.54, 1.807) is 0 Å². The lowest BCUT2D eigenvalue weighted by molar-refractivity contribution is -0.277. The van der Waals surface area contributed by atoms with Gasteiger partial charge in [-0.05, 0) is 30.3 Å². The van der Waals surface area contributed by atoms with E-state index in [0.717, 1.165) is 12.1 Å². The van der Waals surface area contributed by atoms with Gasteiger partial charge in [0.25, 0.3) is 0 Å². The van der Waals surface area contributed by atoms with Gasteiger partial charge in [-0.2, -0.15) is 0 Å². The fourth-order valence-corrected chi connectivity index (χ4v) is 4.95. The molecule has 3 heterocycles. The molecular weight excluding hydrogens is 608 g/mol. The number of benzene rings is 2. The summed E-state index contributed by atoms with van der Waals surface area (Å²) in [5.74, 6) is -2.45. The number of Topliss-reactive ketones (excluding diaryl/α,β-unsaturated/α-hetero) is 2. The number of ketones is 2. The molecule has 0 saturated carbocycles. The first-order valence-corrected chi connectivity index (χ1v) is 13.6. The van der Waals surface area contributed by atoms with Crippen molar-refractivity contribution in [1.82, 2.24) is 0 Å². The van der Waals surface area contributed by atoms with Gasteiger partial charge >= 0.3 is 0 Å². The average Bonchev–Trinajstić information content (AvgIpc) is 3.53. The first-order chi connectivity index (χ1) is 21.5. The van der Waals surface area contributed by atoms with Crippen LogP contribution in [-0.4, -0.2) is 141 Å². The lowest BCUT2D eigenvalue weighted by Gasteiger charge is -2.39. The number of carbonyl (C=O) groups excluding carboxylic acids is 2. The van der Waals surface area contributed by atoms with Crippen molar-refractivity contribution in [2.24, 2.45) is 0 Å². The molecule has 5 rings (SSSR count). The van der Waals surface area contributed by atoms with Crippen LogP contribution in [0.15, 0.2) is 30.3 Å². The van der Waals surface area contributed by atoms with E-state index in [1.807, 2.05) is 0 Å². The Hall–Kier alpha value is -3.62. The molecule has 0 amide bonds. The van der Waals surface area contributed by atoms with Crippen LogP contribution in [0.4, 0.5) is 0 Å². The maximum atomic E-state index is 13.4. The third-order valence-corrected chi connectivity index (χ3v) is 7.52. The average molecular weight is 641 g/mol. The molecule has 10 atom stereocenters. The van der Waals surface area contributed by atoms with Crippen molar-refractivity contribution < 1.29 is 83.6 Å². The molecule has 17 nitrogen and oxygen atoms in total. The zero-order chi connectivity index (χ0) is 32.6. The highest BCUT2D eigenvalue weighted by molar-refractivity contribution is 6.49. The Bertz CT molecular complexity index is 1400. The summed E-state index contributed by atoms with van der Waals surface area (Å²) in [5, 5.41) is 79.9. The van der Waals surface area contributed by atoms with Crippen LogP contribution in [-0.2, 0) is 9.47 Å². The number of fused-ring (bicyclic) bond motifs is 1. The minimum atomic E-state index is -1.77. The van der Waals surface area contributed by atoms with E-state index in [9.17, 15) is 50.4 Å². The van der Waals surface area contributed by atoms with Crippen LogP contribution in [0.3, 0.4) is 0 Å². The Morgan fingerprint density at radius 1 is 0.689 bits per heavy atom. The number of carbonyl (C=O) groups is 2. The summed E-state index contributed by atoms with van der Waals surface area (Å²) in [4.78, 5) is 26.8. The molecule has 45 heavy (non-hydrogen) atoms. The van der Waals surface area contributed by atoms with Crippen LogP contribution in [0.25, 0.3) is 0 Å². The van der Waals surface area contributed by atoms with Gasteiger partial charge in [0.05, 0.1) is 20.3 Å². The molecule has 246 valence electrons. The van der Waals surface area contributed by atoms with Crippen LogP contribution in [0.1, 0.15) is 20.7 Å². The highest BCUT2D eigenvalue weighted by atomic mass is 16.7. The largest absolute Gasteiger partial charge is 0.493 e. The quantitative estimate of drug-likeness (QED) is 0.0941. The third-order valence-electron chi connectivity index (χ3n) is 7.52. The Kier molecular flexibility index (Phi) is 9.75. The van der Waals surface area contributed by atoms with Crippen molar-refractivity contribution in [1.29, 1.82) is 0 Å². The normalized spacial score (nSPS) is 32.6. The minimum absolute atomic E-state index is 0.00405. The number of hydrogen-bond donors (Lipinski definition) is 8. The molecule has 0 aliphatic carbocycles. The first kappa shape index (κ1) is 32.8. The van der Waals surface area contributed by atoms with Crippen molar-refractivity contribution >= 4 is 11.6 Å². The van der Waals surface area contributed by atoms with Crippen LogP contribution in [0.2, 0.25) is 0 Å². The molecule has 8 N–H and O–H groups in total. The van der Waals surface area contributed by atoms with E-state index < -0.39 is 86.2 Å².